The van der Waals surface area contributed by atoms with Gasteiger partial charge in [0.15, 0.2) is 5.78 Å². The molecule has 3 heteroatoms. The maximum atomic E-state index is 12.1. The first-order chi connectivity index (χ1) is 13.7. The summed E-state index contributed by atoms with van der Waals surface area (Å²) >= 11 is 0. The molecule has 0 spiro atoms. The molecule has 3 nitrogen and oxygen atoms in total. The van der Waals surface area contributed by atoms with Gasteiger partial charge in [0.25, 0.3) is 0 Å². The number of hydrogen-bond acceptors (Lipinski definition) is 3. The number of esters is 1. The van der Waals surface area contributed by atoms with Gasteiger partial charge in [0.05, 0.1) is 7.11 Å². The van der Waals surface area contributed by atoms with E-state index in [2.05, 4.69) is 41.2 Å². The lowest BCUT2D eigenvalue weighted by atomic mass is 9.97. The highest BCUT2D eigenvalue weighted by Crippen LogP contribution is 2.25. The first-order valence-corrected chi connectivity index (χ1v) is 10.1. The molecule has 1 aromatic rings. The Hall–Kier alpha value is -2.68. The largest absolute Gasteiger partial charge is 0.469 e. The average Bonchev–Trinajstić information content (AvgIpc) is 3.07. The summed E-state index contributed by atoms with van der Waals surface area (Å²) < 4.78 is 4.62. The van der Waals surface area contributed by atoms with E-state index in [1.54, 1.807) is 6.08 Å². The number of carbonyl (C=O) groups excluding carboxylic acids is 2. The molecule has 0 bridgehead atoms. The SMILES string of the molecule is COC(=O)CCC/C=C/C=C1/C(=O)C=C[C@@H]1C/C=C\CCCc1ccccc1. The molecule has 0 aromatic heterocycles. The topological polar surface area (TPSA) is 43.4 Å². The standard InChI is InChI=1S/C25H30O3/c1-28-25(27)18-12-5-4-11-17-23-22(19-20-24(23)26)16-10-3-2-7-13-21-14-8-6-9-15-21/h3-4,6,8-11,14-15,17,19-20,22H,2,5,7,12-13,16,18H2,1H3/b10-3-,11-4+,23-17+/t22-/m0/s1. The Morgan fingerprint density at radius 2 is 1.86 bits per heavy atom. The van der Waals surface area contributed by atoms with Crippen molar-refractivity contribution in [1.29, 1.82) is 0 Å². The normalized spacial score (nSPS) is 18.0. The summed E-state index contributed by atoms with van der Waals surface area (Å²) in [5.41, 5.74) is 2.22. The number of carbonyl (C=O) groups is 2. The fourth-order valence-corrected chi connectivity index (χ4v) is 3.16. The molecule has 1 aliphatic carbocycles. The Labute approximate surface area is 168 Å². The predicted octanol–water partition coefficient (Wildman–Crippen LogP) is 5.54. The number of ketones is 1. The van der Waals surface area contributed by atoms with Crippen molar-refractivity contribution in [2.45, 2.75) is 44.9 Å². The smallest absolute Gasteiger partial charge is 0.305 e. The molecule has 0 amide bonds. The molecule has 0 radical (unpaired) electrons. The maximum absolute atomic E-state index is 12.1. The number of methoxy groups -OCH3 is 1. The number of ether oxygens (including phenoxy) is 1. The van der Waals surface area contributed by atoms with Crippen molar-refractivity contribution in [2.75, 3.05) is 7.11 Å². The summed E-state index contributed by atoms with van der Waals surface area (Å²) in [5.74, 6) is 0.0804. The van der Waals surface area contributed by atoms with E-state index in [1.807, 2.05) is 30.4 Å². The van der Waals surface area contributed by atoms with Gasteiger partial charge in [-0.3, -0.25) is 9.59 Å². The minimum absolute atomic E-state index is 0.0988. The van der Waals surface area contributed by atoms with Crippen LogP contribution in [0.2, 0.25) is 0 Å². The summed E-state index contributed by atoms with van der Waals surface area (Å²) in [7, 11) is 1.40. The van der Waals surface area contributed by atoms with Crippen LogP contribution in [0.1, 0.15) is 44.1 Å². The predicted molar refractivity (Wildman–Crippen MR) is 114 cm³/mol. The zero-order valence-corrected chi connectivity index (χ0v) is 16.7. The van der Waals surface area contributed by atoms with Crippen LogP contribution in [0.4, 0.5) is 0 Å². The zero-order chi connectivity index (χ0) is 20.0. The molecule has 1 aromatic carbocycles. The van der Waals surface area contributed by atoms with Gasteiger partial charge >= 0.3 is 5.97 Å². The molecule has 0 saturated heterocycles. The van der Waals surface area contributed by atoms with E-state index in [1.165, 1.54) is 12.7 Å². The molecule has 0 N–H and O–H groups in total. The molecule has 1 atom stereocenters. The van der Waals surface area contributed by atoms with Gasteiger partial charge in [0.2, 0.25) is 0 Å². The summed E-state index contributed by atoms with van der Waals surface area (Å²) in [6.07, 6.45) is 20.0. The number of allylic oxidation sites excluding steroid dienone is 8. The van der Waals surface area contributed by atoms with Gasteiger partial charge in [-0.25, -0.2) is 0 Å². The molecule has 2 rings (SSSR count). The van der Waals surface area contributed by atoms with Crippen molar-refractivity contribution in [3.8, 4) is 0 Å². The lowest BCUT2D eigenvalue weighted by Crippen LogP contribution is -2.01. The van der Waals surface area contributed by atoms with E-state index < -0.39 is 0 Å². The van der Waals surface area contributed by atoms with E-state index in [4.69, 9.17) is 0 Å². The first kappa shape index (κ1) is 21.6. The van der Waals surface area contributed by atoms with Crippen LogP contribution in [0, 0.1) is 5.92 Å². The zero-order valence-electron chi connectivity index (χ0n) is 16.7. The molecular weight excluding hydrogens is 348 g/mol. The lowest BCUT2D eigenvalue weighted by Gasteiger charge is -2.06. The molecule has 148 valence electrons. The monoisotopic (exact) mass is 378 g/mol. The minimum atomic E-state index is -0.183. The van der Waals surface area contributed by atoms with Crippen molar-refractivity contribution in [3.63, 3.8) is 0 Å². The molecule has 0 fully saturated rings. The third-order valence-corrected chi connectivity index (χ3v) is 4.79. The summed E-state index contributed by atoms with van der Waals surface area (Å²) in [5, 5.41) is 0. The van der Waals surface area contributed by atoms with Crippen LogP contribution in [-0.4, -0.2) is 18.9 Å². The molecule has 0 unspecified atom stereocenters. The van der Waals surface area contributed by atoms with Crippen molar-refractivity contribution in [1.82, 2.24) is 0 Å². The second-order valence-corrected chi connectivity index (χ2v) is 6.93. The van der Waals surface area contributed by atoms with E-state index in [9.17, 15) is 9.59 Å². The van der Waals surface area contributed by atoms with Crippen molar-refractivity contribution < 1.29 is 14.3 Å². The number of rotatable bonds is 11. The Morgan fingerprint density at radius 3 is 2.64 bits per heavy atom. The fourth-order valence-electron chi connectivity index (χ4n) is 3.16. The number of hydrogen-bond donors (Lipinski definition) is 0. The number of aryl methyl sites for hydroxylation is 1. The van der Waals surface area contributed by atoms with Gasteiger partial charge < -0.3 is 4.74 Å². The van der Waals surface area contributed by atoms with E-state index in [0.717, 1.165) is 44.1 Å². The van der Waals surface area contributed by atoms with Crippen LogP contribution in [-0.2, 0) is 20.7 Å². The van der Waals surface area contributed by atoms with Crippen LogP contribution in [0.15, 0.2) is 78.4 Å². The molecule has 0 aliphatic heterocycles. The van der Waals surface area contributed by atoms with Gasteiger partial charge in [-0.05, 0) is 50.2 Å². The molecule has 0 heterocycles. The summed E-state index contributed by atoms with van der Waals surface area (Å²) in [6.45, 7) is 0. The molecular formula is C25H30O3. The van der Waals surface area contributed by atoms with E-state index in [-0.39, 0.29) is 17.7 Å². The third-order valence-electron chi connectivity index (χ3n) is 4.79. The van der Waals surface area contributed by atoms with Gasteiger partial charge in [0.1, 0.15) is 0 Å². The van der Waals surface area contributed by atoms with Crippen molar-refractivity contribution in [2.24, 2.45) is 5.92 Å². The van der Waals surface area contributed by atoms with Crippen LogP contribution < -0.4 is 0 Å². The van der Waals surface area contributed by atoms with Gasteiger partial charge in [-0.2, -0.15) is 0 Å². The highest BCUT2D eigenvalue weighted by Gasteiger charge is 2.20. The second-order valence-electron chi connectivity index (χ2n) is 6.93. The van der Waals surface area contributed by atoms with E-state index in [0.29, 0.717) is 6.42 Å². The first-order valence-electron chi connectivity index (χ1n) is 10.1. The highest BCUT2D eigenvalue weighted by molar-refractivity contribution is 6.07. The number of unbranched alkanes of at least 4 members (excludes halogenated alkanes) is 2. The van der Waals surface area contributed by atoms with Crippen molar-refractivity contribution >= 4 is 11.8 Å². The quantitative estimate of drug-likeness (QED) is 0.220. The maximum Gasteiger partial charge on any atom is 0.305 e. The third kappa shape index (κ3) is 7.91. The van der Waals surface area contributed by atoms with Gasteiger partial charge in [-0.15, -0.1) is 0 Å². The fraction of sp³-hybridized carbons (Fsp3) is 0.360. The Balaban J connectivity index is 1.70. The Morgan fingerprint density at radius 1 is 1.07 bits per heavy atom. The van der Waals surface area contributed by atoms with E-state index >= 15 is 0 Å². The average molecular weight is 379 g/mol. The van der Waals surface area contributed by atoms with Gasteiger partial charge in [-0.1, -0.05) is 66.8 Å². The van der Waals surface area contributed by atoms with Crippen LogP contribution in [0.3, 0.4) is 0 Å². The lowest BCUT2D eigenvalue weighted by molar-refractivity contribution is -0.140. The van der Waals surface area contributed by atoms with Crippen molar-refractivity contribution in [3.05, 3.63) is 84.0 Å². The summed E-state index contributed by atoms with van der Waals surface area (Å²) in [4.78, 5) is 23.1. The highest BCUT2D eigenvalue weighted by atomic mass is 16.5. The molecule has 1 aliphatic rings. The molecule has 0 saturated carbocycles. The Kier molecular flexibility index (Phi) is 9.78. The van der Waals surface area contributed by atoms with Crippen LogP contribution in [0.5, 0.6) is 0 Å². The number of benzene rings is 1. The van der Waals surface area contributed by atoms with Gasteiger partial charge in [0, 0.05) is 17.9 Å². The second kappa shape index (κ2) is 12.7. The van der Waals surface area contributed by atoms with Crippen LogP contribution >= 0.6 is 0 Å². The summed E-state index contributed by atoms with van der Waals surface area (Å²) in [6, 6.07) is 10.5. The Bertz CT molecular complexity index is 738. The minimum Gasteiger partial charge on any atom is -0.469 e. The molecule has 28 heavy (non-hydrogen) atoms. The van der Waals surface area contributed by atoms with Crippen LogP contribution in [0.25, 0.3) is 0 Å².